The van der Waals surface area contributed by atoms with Crippen LogP contribution in [0.3, 0.4) is 0 Å². The molecule has 0 aromatic heterocycles. The third-order valence-corrected chi connectivity index (χ3v) is 1.30. The SMILES string of the molecule is FC(F)(F)[C@@H]1CO1.NCC(O)C(F)(F)F. The lowest BCUT2D eigenvalue weighted by molar-refractivity contribution is -0.200. The topological polar surface area (TPSA) is 58.8 Å². The molecule has 0 bridgehead atoms. The number of alkyl halides is 6. The van der Waals surface area contributed by atoms with Gasteiger partial charge in [0.05, 0.1) is 6.61 Å². The Balaban J connectivity index is 0.000000262. The Bertz CT molecular complexity index is 187. The summed E-state index contributed by atoms with van der Waals surface area (Å²) in [5, 5.41) is 7.94. The monoisotopic (exact) mass is 241 g/mol. The highest BCUT2D eigenvalue weighted by atomic mass is 19.4. The fraction of sp³-hybridized carbons (Fsp3) is 1.00. The summed E-state index contributed by atoms with van der Waals surface area (Å²) >= 11 is 0. The molecule has 1 aliphatic heterocycles. The highest BCUT2D eigenvalue weighted by molar-refractivity contribution is 4.76. The predicted octanol–water partition coefficient (Wildman–Crippen LogP) is 0.816. The summed E-state index contributed by atoms with van der Waals surface area (Å²) in [6.45, 7) is -0.924. The second-order valence-corrected chi connectivity index (χ2v) is 2.66. The van der Waals surface area contributed by atoms with Crippen LogP contribution in [0.5, 0.6) is 0 Å². The molecular formula is C6H9F6NO2. The molecule has 1 unspecified atom stereocenters. The van der Waals surface area contributed by atoms with Gasteiger partial charge in [-0.15, -0.1) is 0 Å². The number of epoxide rings is 1. The summed E-state index contributed by atoms with van der Waals surface area (Å²) in [4.78, 5) is 0. The Labute approximate surface area is 80.8 Å². The first-order chi connectivity index (χ1) is 6.59. The maximum absolute atomic E-state index is 11.1. The molecule has 1 heterocycles. The van der Waals surface area contributed by atoms with E-state index in [0.717, 1.165) is 0 Å². The third-order valence-electron chi connectivity index (χ3n) is 1.30. The predicted molar refractivity (Wildman–Crippen MR) is 36.9 cm³/mol. The maximum atomic E-state index is 11.1. The van der Waals surface area contributed by atoms with Crippen molar-refractivity contribution in [3.63, 3.8) is 0 Å². The summed E-state index contributed by atoms with van der Waals surface area (Å²) < 4.78 is 70.7. The average Bonchev–Trinajstić information content (AvgIpc) is 2.82. The fourth-order valence-electron chi connectivity index (χ4n) is 0.371. The molecule has 0 radical (unpaired) electrons. The first kappa shape index (κ1) is 14.5. The van der Waals surface area contributed by atoms with Gasteiger partial charge in [0, 0.05) is 6.54 Å². The molecule has 3 N–H and O–H groups in total. The van der Waals surface area contributed by atoms with Gasteiger partial charge in [-0.3, -0.25) is 0 Å². The van der Waals surface area contributed by atoms with Crippen LogP contribution < -0.4 is 5.73 Å². The highest BCUT2D eigenvalue weighted by Crippen LogP contribution is 2.30. The van der Waals surface area contributed by atoms with Crippen LogP contribution in [0.2, 0.25) is 0 Å². The van der Waals surface area contributed by atoms with E-state index in [1.807, 2.05) is 0 Å². The lowest BCUT2D eigenvalue weighted by Gasteiger charge is -2.10. The van der Waals surface area contributed by atoms with Crippen molar-refractivity contribution in [2.75, 3.05) is 13.2 Å². The van der Waals surface area contributed by atoms with Crippen LogP contribution in [0.1, 0.15) is 0 Å². The number of halogens is 6. The van der Waals surface area contributed by atoms with E-state index in [4.69, 9.17) is 5.11 Å². The van der Waals surface area contributed by atoms with Gasteiger partial charge < -0.3 is 15.6 Å². The summed E-state index contributed by atoms with van der Waals surface area (Å²) in [6.07, 6.45) is -12.5. The number of ether oxygens (including phenoxy) is 1. The van der Waals surface area contributed by atoms with Crippen molar-refractivity contribution in [2.24, 2.45) is 5.73 Å². The molecule has 1 fully saturated rings. The summed E-state index contributed by atoms with van der Waals surface area (Å²) in [5.74, 6) is 0. The molecule has 9 heteroatoms. The third kappa shape index (κ3) is 6.52. The van der Waals surface area contributed by atoms with Crippen molar-refractivity contribution >= 4 is 0 Å². The van der Waals surface area contributed by atoms with E-state index in [1.54, 1.807) is 0 Å². The fourth-order valence-corrected chi connectivity index (χ4v) is 0.371. The van der Waals surface area contributed by atoms with E-state index in [2.05, 4.69) is 10.5 Å². The molecule has 0 amide bonds. The number of hydrogen-bond donors (Lipinski definition) is 2. The zero-order valence-electron chi connectivity index (χ0n) is 7.27. The van der Waals surface area contributed by atoms with Gasteiger partial charge in [-0.05, 0) is 0 Å². The van der Waals surface area contributed by atoms with Crippen LogP contribution in [0.25, 0.3) is 0 Å². The molecule has 3 nitrogen and oxygen atoms in total. The number of aliphatic hydroxyl groups is 1. The molecule has 1 rings (SSSR count). The molecule has 15 heavy (non-hydrogen) atoms. The van der Waals surface area contributed by atoms with Gasteiger partial charge in [-0.25, -0.2) is 0 Å². The first-order valence-electron chi connectivity index (χ1n) is 3.72. The summed E-state index contributed by atoms with van der Waals surface area (Å²) in [6, 6.07) is 0. The van der Waals surface area contributed by atoms with E-state index in [9.17, 15) is 26.3 Å². The summed E-state index contributed by atoms with van der Waals surface area (Å²) in [5.41, 5.74) is 4.49. The smallest absolute Gasteiger partial charge is 0.382 e. The molecule has 0 aliphatic carbocycles. The number of aliphatic hydroxyl groups excluding tert-OH is 1. The van der Waals surface area contributed by atoms with Crippen molar-refractivity contribution in [3.8, 4) is 0 Å². The number of nitrogens with two attached hydrogens (primary N) is 1. The molecule has 0 aromatic carbocycles. The van der Waals surface area contributed by atoms with Gasteiger partial charge in [0.15, 0.2) is 12.2 Å². The van der Waals surface area contributed by atoms with E-state index in [-0.39, 0.29) is 6.61 Å². The van der Waals surface area contributed by atoms with Crippen LogP contribution in [0.15, 0.2) is 0 Å². The standard InChI is InChI=1S/C3H6F3NO.C3H3F3O/c4-3(5,6)2(8)1-7;4-3(5,6)2-1-7-2/h2,8H,1,7H2;2H,1H2/t;2-/m.0/s1. The molecule has 92 valence electrons. The second kappa shape index (κ2) is 4.99. The van der Waals surface area contributed by atoms with Crippen molar-refractivity contribution in [2.45, 2.75) is 24.6 Å². The Kier molecular flexibility index (Phi) is 4.81. The van der Waals surface area contributed by atoms with Gasteiger partial charge in [0.2, 0.25) is 0 Å². The first-order valence-corrected chi connectivity index (χ1v) is 3.72. The normalized spacial score (nSPS) is 22.8. The minimum Gasteiger partial charge on any atom is -0.382 e. The van der Waals surface area contributed by atoms with Gasteiger partial charge in [-0.2, -0.15) is 26.3 Å². The number of hydrogen-bond acceptors (Lipinski definition) is 3. The van der Waals surface area contributed by atoms with Crippen LogP contribution in [0, 0.1) is 0 Å². The molecule has 2 atom stereocenters. The van der Waals surface area contributed by atoms with E-state index in [0.29, 0.717) is 0 Å². The quantitative estimate of drug-likeness (QED) is 0.527. The summed E-state index contributed by atoms with van der Waals surface area (Å²) in [7, 11) is 0. The molecule has 1 aliphatic rings. The molecule has 0 saturated carbocycles. The Morgan fingerprint density at radius 1 is 1.27 bits per heavy atom. The average molecular weight is 241 g/mol. The number of rotatable bonds is 1. The maximum Gasteiger partial charge on any atom is 0.416 e. The molecule has 0 spiro atoms. The van der Waals surface area contributed by atoms with Crippen molar-refractivity contribution in [1.82, 2.24) is 0 Å². The van der Waals surface area contributed by atoms with Crippen LogP contribution in [0.4, 0.5) is 26.3 Å². The van der Waals surface area contributed by atoms with Gasteiger partial charge in [0.25, 0.3) is 0 Å². The lowest BCUT2D eigenvalue weighted by Crippen LogP contribution is -2.35. The van der Waals surface area contributed by atoms with Crippen molar-refractivity contribution in [3.05, 3.63) is 0 Å². The van der Waals surface area contributed by atoms with Gasteiger partial charge >= 0.3 is 12.4 Å². The van der Waals surface area contributed by atoms with Gasteiger partial charge in [0.1, 0.15) is 0 Å². The van der Waals surface area contributed by atoms with Crippen molar-refractivity contribution in [1.29, 1.82) is 0 Å². The largest absolute Gasteiger partial charge is 0.416 e. The Morgan fingerprint density at radius 3 is 1.67 bits per heavy atom. The van der Waals surface area contributed by atoms with Crippen LogP contribution in [-0.2, 0) is 4.74 Å². The molecule has 1 saturated heterocycles. The zero-order valence-corrected chi connectivity index (χ0v) is 7.27. The zero-order chi connectivity index (χ0) is 12.3. The second-order valence-electron chi connectivity index (χ2n) is 2.66. The Hall–Kier alpha value is -0.540. The van der Waals surface area contributed by atoms with Crippen molar-refractivity contribution < 1.29 is 36.2 Å². The minimum absolute atomic E-state index is 0.149. The highest BCUT2D eigenvalue weighted by Gasteiger charge is 2.49. The van der Waals surface area contributed by atoms with Crippen LogP contribution in [-0.4, -0.2) is 42.8 Å². The van der Waals surface area contributed by atoms with Gasteiger partial charge in [-0.1, -0.05) is 0 Å². The van der Waals surface area contributed by atoms with E-state index < -0.39 is 31.1 Å². The van der Waals surface area contributed by atoms with Crippen LogP contribution >= 0.6 is 0 Å². The van der Waals surface area contributed by atoms with E-state index in [1.165, 1.54) is 0 Å². The Morgan fingerprint density at radius 2 is 1.67 bits per heavy atom. The minimum atomic E-state index is -4.56. The molecule has 0 aromatic rings. The molecular weight excluding hydrogens is 232 g/mol. The lowest BCUT2D eigenvalue weighted by atomic mass is 10.4. The van der Waals surface area contributed by atoms with E-state index >= 15 is 0 Å².